The first-order valence-corrected chi connectivity index (χ1v) is 16.0. The summed E-state index contributed by atoms with van der Waals surface area (Å²) in [6.45, 7) is 0. The first kappa shape index (κ1) is 22.4. The molecule has 2 aliphatic rings. The van der Waals surface area contributed by atoms with Crippen molar-refractivity contribution in [2.24, 2.45) is 0 Å². The zero-order valence-corrected chi connectivity index (χ0v) is 22.8. The van der Waals surface area contributed by atoms with Crippen LogP contribution in [0.25, 0.3) is 11.1 Å². The maximum absolute atomic E-state index is 2.63. The van der Waals surface area contributed by atoms with Crippen molar-refractivity contribution in [3.63, 3.8) is 0 Å². The molecule has 0 unspecified atom stereocenters. The van der Waals surface area contributed by atoms with E-state index in [1.165, 1.54) is 33.5 Å². The van der Waals surface area contributed by atoms with Crippen LogP contribution in [0.4, 0.5) is 5.69 Å². The molecule has 0 bridgehead atoms. The van der Waals surface area contributed by atoms with E-state index in [-0.39, 0.29) is 0 Å². The molecule has 0 radical (unpaired) electrons. The second-order valence-electron chi connectivity index (χ2n) is 9.52. The summed E-state index contributed by atoms with van der Waals surface area (Å²) in [5.74, 6) is 0. The van der Waals surface area contributed by atoms with E-state index in [1.54, 1.807) is 15.3 Å². The Labute approximate surface area is 216 Å². The number of hydrogen-bond acceptors (Lipinski definition) is 1. The van der Waals surface area contributed by atoms with E-state index in [2.05, 4.69) is 134 Å². The Morgan fingerprint density at radius 2 is 1.37 bits per heavy atom. The normalized spacial score (nSPS) is 13.3. The molecule has 4 aromatic carbocycles. The van der Waals surface area contributed by atoms with Crippen LogP contribution in [0.1, 0.15) is 28.7 Å². The zero-order chi connectivity index (χ0) is 23.8. The van der Waals surface area contributed by atoms with Crippen LogP contribution in [-0.4, -0.2) is 17.3 Å². The van der Waals surface area contributed by atoms with Crippen LogP contribution >= 0.6 is 0 Å². The van der Waals surface area contributed by atoms with E-state index in [0.717, 1.165) is 12.8 Å². The van der Waals surface area contributed by atoms with Crippen LogP contribution in [0.3, 0.4) is 0 Å². The van der Waals surface area contributed by atoms with Gasteiger partial charge in [0.05, 0.1) is 0 Å². The number of benzene rings is 4. The molecule has 0 fully saturated rings. The van der Waals surface area contributed by atoms with E-state index < -0.39 is 21.3 Å². The number of allylic oxidation sites excluding steroid dienone is 4. The van der Waals surface area contributed by atoms with Gasteiger partial charge in [-0.05, 0) is 0 Å². The molecule has 0 aromatic heterocycles. The number of fused-ring (bicyclic) bond motifs is 3. The molecule has 0 N–H and O–H groups in total. The molecule has 170 valence electrons. The molecule has 0 atom stereocenters. The summed E-state index contributed by atoms with van der Waals surface area (Å²) in [7, 11) is 4.42. The van der Waals surface area contributed by atoms with Gasteiger partial charge >= 0.3 is 217 Å². The van der Waals surface area contributed by atoms with E-state index in [1.807, 2.05) is 0 Å². The summed E-state index contributed by atoms with van der Waals surface area (Å²) >= 11 is -2.63. The molecule has 2 heteroatoms. The fraction of sp³-hybridized carbons (Fsp3) is 0.121. The van der Waals surface area contributed by atoms with Gasteiger partial charge in [-0.1, -0.05) is 0 Å². The van der Waals surface area contributed by atoms with Gasteiger partial charge in [-0.3, -0.25) is 0 Å². The predicted octanol–water partition coefficient (Wildman–Crippen LogP) is 6.68. The Hall–Kier alpha value is -3.09. The van der Waals surface area contributed by atoms with Gasteiger partial charge in [0.2, 0.25) is 0 Å². The van der Waals surface area contributed by atoms with Crippen molar-refractivity contribution in [3.05, 3.63) is 141 Å². The second-order valence-corrected chi connectivity index (χ2v) is 15.4. The fourth-order valence-electron chi connectivity index (χ4n) is 5.59. The predicted molar refractivity (Wildman–Crippen MR) is 147 cm³/mol. The summed E-state index contributed by atoms with van der Waals surface area (Å²) in [6, 6.07) is 36.0. The maximum atomic E-state index is 2.43. The van der Waals surface area contributed by atoms with Gasteiger partial charge in [-0.25, -0.2) is 0 Å². The van der Waals surface area contributed by atoms with Crippen LogP contribution in [0.15, 0.2) is 119 Å². The van der Waals surface area contributed by atoms with Gasteiger partial charge < -0.3 is 0 Å². The molecular formula is C33H29NZr. The molecule has 0 amide bonds. The monoisotopic (exact) mass is 529 g/mol. The zero-order valence-electron chi connectivity index (χ0n) is 20.3. The molecule has 0 saturated heterocycles. The molecule has 0 aliphatic heterocycles. The number of hydrogen-bond donors (Lipinski definition) is 0. The van der Waals surface area contributed by atoms with E-state index in [0.29, 0.717) is 0 Å². The van der Waals surface area contributed by atoms with Gasteiger partial charge in [0, 0.05) is 0 Å². The van der Waals surface area contributed by atoms with Crippen LogP contribution in [0.5, 0.6) is 0 Å². The van der Waals surface area contributed by atoms with Gasteiger partial charge in [0.25, 0.3) is 0 Å². The minimum absolute atomic E-state index is 1.03. The molecule has 35 heavy (non-hydrogen) atoms. The summed E-state index contributed by atoms with van der Waals surface area (Å²) in [5, 5.41) is 0. The third kappa shape index (κ3) is 4.05. The summed E-state index contributed by atoms with van der Waals surface area (Å²) < 4.78 is 4.88. The van der Waals surface area contributed by atoms with E-state index >= 15 is 0 Å². The van der Waals surface area contributed by atoms with Crippen LogP contribution < -0.4 is 8.17 Å². The van der Waals surface area contributed by atoms with Crippen molar-refractivity contribution in [1.82, 2.24) is 0 Å². The van der Waals surface area contributed by atoms with Crippen molar-refractivity contribution >= 4 is 12.2 Å². The average Bonchev–Trinajstić information content (AvgIpc) is 3.56. The van der Waals surface area contributed by atoms with E-state index in [4.69, 9.17) is 0 Å². The standard InChI is InChI=1S/C15H14N.C13H10.C5H5.Zr/c1-16(2)13-7-8-15-12(10-13)9-11-5-3-4-6-14(11)15;1-3-7-12(8-4-1)11-13-9-5-2-6-10-13;1-2-4-5-3-1;/h3-8H,9H2,1-2H3;1-10H;1-3H,4H2;. The van der Waals surface area contributed by atoms with Crippen LogP contribution in [0.2, 0.25) is 0 Å². The first-order chi connectivity index (χ1) is 17.2. The minimum atomic E-state index is -2.63. The number of anilines is 1. The summed E-state index contributed by atoms with van der Waals surface area (Å²) in [6.07, 6.45) is 9.15. The summed E-state index contributed by atoms with van der Waals surface area (Å²) in [5.41, 5.74) is 10.0. The Balaban J connectivity index is 1.75. The van der Waals surface area contributed by atoms with Crippen LogP contribution in [-0.2, 0) is 27.7 Å². The number of nitrogens with zero attached hydrogens (tertiary/aromatic N) is 1. The first-order valence-electron chi connectivity index (χ1n) is 12.4. The third-order valence-corrected chi connectivity index (χ3v) is 14.9. The molecule has 0 heterocycles. The number of rotatable bonds is 5. The molecule has 2 aliphatic carbocycles. The van der Waals surface area contributed by atoms with Crippen molar-refractivity contribution in [2.75, 3.05) is 19.0 Å². The van der Waals surface area contributed by atoms with Crippen molar-refractivity contribution in [2.45, 2.75) is 12.8 Å². The topological polar surface area (TPSA) is 3.24 Å². The van der Waals surface area contributed by atoms with Crippen molar-refractivity contribution in [3.8, 4) is 11.1 Å². The Bertz CT molecular complexity index is 1450. The quantitative estimate of drug-likeness (QED) is 0.245. The van der Waals surface area contributed by atoms with Gasteiger partial charge in [-0.2, -0.15) is 0 Å². The van der Waals surface area contributed by atoms with E-state index in [9.17, 15) is 0 Å². The average molecular weight is 531 g/mol. The third-order valence-electron chi connectivity index (χ3n) is 7.16. The summed E-state index contributed by atoms with van der Waals surface area (Å²) in [4.78, 5) is 2.34. The van der Waals surface area contributed by atoms with Crippen molar-refractivity contribution < 1.29 is 21.3 Å². The van der Waals surface area contributed by atoms with Crippen molar-refractivity contribution in [1.29, 1.82) is 0 Å². The van der Waals surface area contributed by atoms with Gasteiger partial charge in [-0.15, -0.1) is 0 Å². The van der Waals surface area contributed by atoms with Crippen LogP contribution in [0, 0.1) is 0 Å². The van der Waals surface area contributed by atoms with Gasteiger partial charge in [0.15, 0.2) is 0 Å². The molecule has 6 rings (SSSR count). The molecule has 0 spiro atoms. The fourth-order valence-corrected chi connectivity index (χ4v) is 14.1. The molecule has 1 nitrogen and oxygen atoms in total. The SMILES string of the molecule is CN(C)c1ccc2c([c]1[Zr]([C]1=CC=CC1)=[C](c1ccccc1)c1ccccc1)Cc1ccccc1-2. The Morgan fingerprint density at radius 3 is 2.00 bits per heavy atom. The van der Waals surface area contributed by atoms with Gasteiger partial charge in [0.1, 0.15) is 0 Å². The second kappa shape index (κ2) is 9.52. The molecule has 4 aromatic rings. The molecular weight excluding hydrogens is 502 g/mol. The molecule has 0 saturated carbocycles. The Kier molecular flexibility index (Phi) is 6.09. The Morgan fingerprint density at radius 1 is 0.714 bits per heavy atom.